The minimum absolute atomic E-state index is 0.0276. The van der Waals surface area contributed by atoms with Crippen molar-refractivity contribution in [3.8, 4) is 5.75 Å². The van der Waals surface area contributed by atoms with E-state index < -0.39 is 21.7 Å². The second-order valence-corrected chi connectivity index (χ2v) is 6.76. The van der Waals surface area contributed by atoms with E-state index in [0.29, 0.717) is 17.5 Å². The van der Waals surface area contributed by atoms with Crippen molar-refractivity contribution in [2.24, 2.45) is 0 Å². The summed E-state index contributed by atoms with van der Waals surface area (Å²) in [5.74, 6) is -0.853. The number of ether oxygens (including phenoxy) is 1. The van der Waals surface area contributed by atoms with E-state index >= 15 is 0 Å². The van der Waals surface area contributed by atoms with Crippen molar-refractivity contribution in [1.29, 1.82) is 0 Å². The third kappa shape index (κ3) is 4.27. The summed E-state index contributed by atoms with van der Waals surface area (Å²) in [6.07, 6.45) is 0.320. The number of benzene rings is 2. The summed E-state index contributed by atoms with van der Waals surface area (Å²) >= 11 is 0. The normalized spacial score (nSPS) is 11.5. The quantitative estimate of drug-likeness (QED) is 0.879. The molecule has 0 saturated heterocycles. The van der Waals surface area contributed by atoms with Crippen LogP contribution >= 0.6 is 0 Å². The van der Waals surface area contributed by atoms with E-state index in [1.807, 2.05) is 0 Å². The van der Waals surface area contributed by atoms with Gasteiger partial charge in [-0.2, -0.15) is 0 Å². The van der Waals surface area contributed by atoms with Gasteiger partial charge in [0.05, 0.1) is 12.0 Å². The molecule has 0 amide bonds. The zero-order chi connectivity index (χ0) is 17.0. The lowest BCUT2D eigenvalue weighted by atomic mass is 10.1. The van der Waals surface area contributed by atoms with E-state index in [4.69, 9.17) is 4.74 Å². The second kappa shape index (κ2) is 7.06. The first kappa shape index (κ1) is 17.4. The van der Waals surface area contributed by atoms with Crippen molar-refractivity contribution in [1.82, 2.24) is 4.72 Å². The van der Waals surface area contributed by atoms with Crippen molar-refractivity contribution in [2.75, 3.05) is 13.7 Å². The van der Waals surface area contributed by atoms with Crippen molar-refractivity contribution in [3.63, 3.8) is 0 Å². The minimum atomic E-state index is -3.74. The van der Waals surface area contributed by atoms with Gasteiger partial charge in [0.25, 0.3) is 0 Å². The molecule has 0 aliphatic heterocycles. The fraction of sp³-hybridized carbons (Fsp3) is 0.250. The maximum absolute atomic E-state index is 13.6. The molecule has 0 fully saturated rings. The molecule has 0 unspecified atom stereocenters. The van der Waals surface area contributed by atoms with E-state index in [1.54, 1.807) is 6.07 Å². The number of halogens is 2. The molecule has 0 spiro atoms. The monoisotopic (exact) mass is 341 g/mol. The van der Waals surface area contributed by atoms with E-state index in [-0.39, 0.29) is 17.2 Å². The van der Waals surface area contributed by atoms with Crippen molar-refractivity contribution in [3.05, 3.63) is 59.2 Å². The molecule has 0 radical (unpaired) electrons. The summed E-state index contributed by atoms with van der Waals surface area (Å²) in [4.78, 5) is 0.0276. The molecular formula is C16H17F2NO3S. The number of rotatable bonds is 6. The first-order valence-electron chi connectivity index (χ1n) is 6.92. The van der Waals surface area contributed by atoms with Crippen LogP contribution in [0.1, 0.15) is 11.1 Å². The molecule has 0 aliphatic carbocycles. The highest BCUT2D eigenvalue weighted by molar-refractivity contribution is 7.89. The first-order chi connectivity index (χ1) is 10.8. The summed E-state index contributed by atoms with van der Waals surface area (Å²) in [5.41, 5.74) is 0.967. The highest BCUT2D eigenvalue weighted by atomic mass is 32.2. The lowest BCUT2D eigenvalue weighted by Gasteiger charge is -2.10. The molecule has 0 bridgehead atoms. The van der Waals surface area contributed by atoms with E-state index in [2.05, 4.69) is 4.72 Å². The van der Waals surface area contributed by atoms with Crippen molar-refractivity contribution in [2.45, 2.75) is 18.2 Å². The van der Waals surface area contributed by atoms with Crippen LogP contribution < -0.4 is 9.46 Å². The smallest absolute Gasteiger partial charge is 0.240 e. The van der Waals surface area contributed by atoms with Crippen molar-refractivity contribution < 1.29 is 21.9 Å². The molecule has 0 heterocycles. The van der Waals surface area contributed by atoms with Crippen LogP contribution in [0.4, 0.5) is 8.78 Å². The fourth-order valence-corrected chi connectivity index (χ4v) is 3.44. The topological polar surface area (TPSA) is 55.4 Å². The van der Waals surface area contributed by atoms with Crippen LogP contribution in [0.2, 0.25) is 0 Å². The van der Waals surface area contributed by atoms with Crippen LogP contribution in [0.5, 0.6) is 5.75 Å². The summed E-state index contributed by atoms with van der Waals surface area (Å²) in [7, 11) is -2.36. The van der Waals surface area contributed by atoms with E-state index in [9.17, 15) is 17.2 Å². The molecule has 7 heteroatoms. The Balaban J connectivity index is 2.04. The highest BCUT2D eigenvalue weighted by Crippen LogP contribution is 2.18. The Morgan fingerprint density at radius 2 is 1.87 bits per heavy atom. The molecule has 1 N–H and O–H groups in total. The van der Waals surface area contributed by atoms with Gasteiger partial charge in [-0.05, 0) is 54.8 Å². The Kier molecular flexibility index (Phi) is 5.33. The van der Waals surface area contributed by atoms with Gasteiger partial charge in [-0.3, -0.25) is 0 Å². The average Bonchev–Trinajstić information content (AvgIpc) is 2.46. The van der Waals surface area contributed by atoms with Gasteiger partial charge in [0, 0.05) is 6.54 Å². The molecule has 0 aliphatic rings. The lowest BCUT2D eigenvalue weighted by molar-refractivity contribution is 0.386. The number of nitrogens with one attached hydrogen (secondary N) is 1. The van der Waals surface area contributed by atoms with Gasteiger partial charge < -0.3 is 4.74 Å². The molecule has 124 valence electrons. The van der Waals surface area contributed by atoms with Gasteiger partial charge in [-0.15, -0.1) is 0 Å². The van der Waals surface area contributed by atoms with Crippen LogP contribution in [0.15, 0.2) is 41.3 Å². The number of methoxy groups -OCH3 is 1. The van der Waals surface area contributed by atoms with Crippen LogP contribution in [-0.2, 0) is 16.4 Å². The van der Waals surface area contributed by atoms with Crippen LogP contribution in [0, 0.1) is 18.6 Å². The minimum Gasteiger partial charge on any atom is -0.494 e. The van der Waals surface area contributed by atoms with E-state index in [1.165, 1.54) is 32.2 Å². The predicted molar refractivity (Wildman–Crippen MR) is 83.0 cm³/mol. The lowest BCUT2D eigenvalue weighted by Crippen LogP contribution is -2.26. The van der Waals surface area contributed by atoms with Crippen molar-refractivity contribution >= 4 is 10.0 Å². The SMILES string of the molecule is COc1ccc(CCNS(=O)(=O)c2ccc(F)cc2C)cc1F. The maximum atomic E-state index is 13.6. The summed E-state index contributed by atoms with van der Waals surface area (Å²) in [6.45, 7) is 1.63. The second-order valence-electron chi connectivity index (χ2n) is 5.03. The van der Waals surface area contributed by atoms with Gasteiger partial charge in [0.1, 0.15) is 5.82 Å². The molecule has 2 aromatic carbocycles. The highest BCUT2D eigenvalue weighted by Gasteiger charge is 2.16. The first-order valence-corrected chi connectivity index (χ1v) is 8.40. The van der Waals surface area contributed by atoms with Crippen LogP contribution in [0.3, 0.4) is 0 Å². The Morgan fingerprint density at radius 3 is 2.48 bits per heavy atom. The number of sulfonamides is 1. The summed E-state index contributed by atoms with van der Waals surface area (Å²) in [5, 5.41) is 0. The van der Waals surface area contributed by atoms with Crippen LogP contribution in [0.25, 0.3) is 0 Å². The molecular weight excluding hydrogens is 324 g/mol. The molecule has 0 saturated carbocycles. The van der Waals surface area contributed by atoms with E-state index in [0.717, 1.165) is 12.1 Å². The maximum Gasteiger partial charge on any atom is 0.240 e. The number of hydrogen-bond acceptors (Lipinski definition) is 3. The summed E-state index contributed by atoms with van der Waals surface area (Å²) < 4.78 is 58.3. The zero-order valence-electron chi connectivity index (χ0n) is 12.8. The number of aryl methyl sites for hydroxylation is 1. The zero-order valence-corrected chi connectivity index (χ0v) is 13.6. The van der Waals surface area contributed by atoms with Crippen LogP contribution in [-0.4, -0.2) is 22.1 Å². The molecule has 0 atom stereocenters. The molecule has 0 aromatic heterocycles. The Labute approximate surface area is 134 Å². The Morgan fingerprint density at radius 1 is 1.13 bits per heavy atom. The Hall–Kier alpha value is -1.99. The van der Waals surface area contributed by atoms with Gasteiger partial charge >= 0.3 is 0 Å². The van der Waals surface area contributed by atoms with Gasteiger partial charge in [-0.1, -0.05) is 6.07 Å². The van der Waals surface area contributed by atoms with Gasteiger partial charge in [-0.25, -0.2) is 21.9 Å². The third-order valence-electron chi connectivity index (χ3n) is 3.35. The molecule has 4 nitrogen and oxygen atoms in total. The third-order valence-corrected chi connectivity index (χ3v) is 4.97. The molecule has 2 aromatic rings. The predicted octanol–water partition coefficient (Wildman–Crippen LogP) is 2.80. The Bertz CT molecular complexity index is 807. The van der Waals surface area contributed by atoms with Gasteiger partial charge in [0.15, 0.2) is 11.6 Å². The standard InChI is InChI=1S/C16H17F2NO3S/c1-11-9-13(17)4-6-16(11)23(20,21)19-8-7-12-3-5-15(22-2)14(18)10-12/h3-6,9-10,19H,7-8H2,1-2H3. The molecule has 2 rings (SSSR count). The van der Waals surface area contributed by atoms with Gasteiger partial charge in [0.2, 0.25) is 10.0 Å². The largest absolute Gasteiger partial charge is 0.494 e. The number of hydrogen-bond donors (Lipinski definition) is 1. The molecule has 23 heavy (non-hydrogen) atoms. The average molecular weight is 341 g/mol. The summed E-state index contributed by atoms with van der Waals surface area (Å²) in [6, 6.07) is 7.94. The fourth-order valence-electron chi connectivity index (χ4n) is 2.19.